The Morgan fingerprint density at radius 2 is 1.52 bits per heavy atom. The second kappa shape index (κ2) is 5.27. The van der Waals surface area contributed by atoms with Gasteiger partial charge in [-0.2, -0.15) is 13.2 Å². The standard InChI is InChI=1S/C13H8F6N2/c1-20-12-3-6(13(17,18)19)2-11(21-12)7-4-9(15)10(16)5-8(7)14/h2-5H,1H3,(H,20,21). The maximum absolute atomic E-state index is 13.6. The van der Waals surface area contributed by atoms with Crippen LogP contribution in [0.4, 0.5) is 32.2 Å². The molecule has 8 heteroatoms. The van der Waals surface area contributed by atoms with Crippen LogP contribution in [0.25, 0.3) is 11.3 Å². The molecular weight excluding hydrogens is 298 g/mol. The van der Waals surface area contributed by atoms with Gasteiger partial charge in [-0.25, -0.2) is 18.2 Å². The number of rotatable bonds is 2. The van der Waals surface area contributed by atoms with Crippen molar-refractivity contribution in [3.8, 4) is 11.3 Å². The van der Waals surface area contributed by atoms with Crippen molar-refractivity contribution in [3.05, 3.63) is 47.3 Å². The van der Waals surface area contributed by atoms with Crippen molar-refractivity contribution in [2.45, 2.75) is 6.18 Å². The third-order valence-electron chi connectivity index (χ3n) is 2.69. The van der Waals surface area contributed by atoms with E-state index in [0.29, 0.717) is 12.1 Å². The minimum atomic E-state index is -4.68. The maximum Gasteiger partial charge on any atom is 0.416 e. The van der Waals surface area contributed by atoms with Gasteiger partial charge in [0.2, 0.25) is 0 Å². The number of hydrogen-bond donors (Lipinski definition) is 1. The van der Waals surface area contributed by atoms with E-state index in [0.717, 1.165) is 6.07 Å². The highest BCUT2D eigenvalue weighted by molar-refractivity contribution is 5.63. The van der Waals surface area contributed by atoms with Crippen LogP contribution < -0.4 is 5.32 Å². The van der Waals surface area contributed by atoms with Gasteiger partial charge in [0, 0.05) is 18.7 Å². The van der Waals surface area contributed by atoms with E-state index in [-0.39, 0.29) is 11.9 Å². The fourth-order valence-corrected chi connectivity index (χ4v) is 1.68. The summed E-state index contributed by atoms with van der Waals surface area (Å²) in [7, 11) is 1.33. The summed E-state index contributed by atoms with van der Waals surface area (Å²) in [5.41, 5.74) is -2.09. The lowest BCUT2D eigenvalue weighted by atomic mass is 10.1. The smallest absolute Gasteiger partial charge is 0.373 e. The molecule has 0 aliphatic rings. The molecule has 0 unspecified atom stereocenters. The van der Waals surface area contributed by atoms with Gasteiger partial charge in [0.1, 0.15) is 11.6 Å². The van der Waals surface area contributed by atoms with Crippen molar-refractivity contribution in [3.63, 3.8) is 0 Å². The van der Waals surface area contributed by atoms with Crippen molar-refractivity contribution >= 4 is 5.82 Å². The zero-order chi connectivity index (χ0) is 15.8. The molecule has 1 aromatic carbocycles. The number of alkyl halides is 3. The van der Waals surface area contributed by atoms with Gasteiger partial charge < -0.3 is 5.32 Å². The molecule has 0 amide bonds. The van der Waals surface area contributed by atoms with Gasteiger partial charge in [0.25, 0.3) is 0 Å². The topological polar surface area (TPSA) is 24.9 Å². The molecule has 1 aromatic heterocycles. The molecule has 0 aliphatic carbocycles. The second-order valence-corrected chi connectivity index (χ2v) is 4.12. The molecule has 1 heterocycles. The number of hydrogen-bond acceptors (Lipinski definition) is 2. The first-order valence-corrected chi connectivity index (χ1v) is 5.64. The van der Waals surface area contributed by atoms with Crippen LogP contribution in [0.2, 0.25) is 0 Å². The number of halogens is 6. The summed E-state index contributed by atoms with van der Waals surface area (Å²) in [6, 6.07) is 2.01. The first kappa shape index (κ1) is 15.1. The monoisotopic (exact) mass is 306 g/mol. The molecule has 2 aromatic rings. The number of nitrogens with one attached hydrogen (secondary N) is 1. The van der Waals surface area contributed by atoms with Crippen molar-refractivity contribution in [2.24, 2.45) is 0 Å². The maximum atomic E-state index is 13.6. The van der Waals surface area contributed by atoms with E-state index in [2.05, 4.69) is 10.3 Å². The van der Waals surface area contributed by atoms with Crippen molar-refractivity contribution in [1.82, 2.24) is 4.98 Å². The first-order valence-electron chi connectivity index (χ1n) is 5.64. The summed E-state index contributed by atoms with van der Waals surface area (Å²) < 4.78 is 77.9. The molecule has 0 fully saturated rings. The summed E-state index contributed by atoms with van der Waals surface area (Å²) >= 11 is 0. The average molecular weight is 306 g/mol. The Morgan fingerprint density at radius 3 is 2.10 bits per heavy atom. The van der Waals surface area contributed by atoms with Crippen LogP contribution in [0.15, 0.2) is 24.3 Å². The van der Waals surface area contributed by atoms with Crippen LogP contribution in [-0.4, -0.2) is 12.0 Å². The molecule has 2 nitrogen and oxygen atoms in total. The molecule has 0 spiro atoms. The molecular formula is C13H8F6N2. The Morgan fingerprint density at radius 1 is 0.905 bits per heavy atom. The summed E-state index contributed by atoms with van der Waals surface area (Å²) in [4.78, 5) is 3.73. The summed E-state index contributed by atoms with van der Waals surface area (Å²) in [5.74, 6) is -4.19. The van der Waals surface area contributed by atoms with Gasteiger partial charge in [0.05, 0.1) is 11.3 Å². The highest BCUT2D eigenvalue weighted by Gasteiger charge is 2.32. The number of aromatic nitrogens is 1. The largest absolute Gasteiger partial charge is 0.416 e. The molecule has 0 saturated heterocycles. The lowest BCUT2D eigenvalue weighted by Crippen LogP contribution is -2.08. The Hall–Kier alpha value is -2.25. The Bertz CT molecular complexity index is 681. The van der Waals surface area contributed by atoms with Crippen LogP contribution in [0.5, 0.6) is 0 Å². The van der Waals surface area contributed by atoms with E-state index in [1.54, 1.807) is 0 Å². The van der Waals surface area contributed by atoms with Crippen molar-refractivity contribution in [2.75, 3.05) is 12.4 Å². The fourth-order valence-electron chi connectivity index (χ4n) is 1.68. The molecule has 0 bridgehead atoms. The number of pyridine rings is 1. The van der Waals surface area contributed by atoms with E-state index < -0.39 is 40.4 Å². The third-order valence-corrected chi connectivity index (χ3v) is 2.69. The van der Waals surface area contributed by atoms with E-state index in [1.165, 1.54) is 7.05 Å². The van der Waals surface area contributed by atoms with Gasteiger partial charge in [-0.1, -0.05) is 0 Å². The lowest BCUT2D eigenvalue weighted by Gasteiger charge is -2.12. The Labute approximate surface area is 115 Å². The minimum absolute atomic E-state index is 0.177. The van der Waals surface area contributed by atoms with Gasteiger partial charge in [-0.05, 0) is 18.2 Å². The Balaban J connectivity index is 2.66. The normalized spacial score (nSPS) is 11.6. The van der Waals surface area contributed by atoms with Crippen LogP contribution in [0, 0.1) is 17.5 Å². The van der Waals surface area contributed by atoms with Gasteiger partial charge in [0.15, 0.2) is 11.6 Å². The Kier molecular flexibility index (Phi) is 3.80. The first-order chi connectivity index (χ1) is 9.72. The van der Waals surface area contributed by atoms with Gasteiger partial charge in [-0.15, -0.1) is 0 Å². The SMILES string of the molecule is CNc1cc(C(F)(F)F)cc(-c2cc(F)c(F)cc2F)n1. The van der Waals surface area contributed by atoms with E-state index >= 15 is 0 Å². The zero-order valence-electron chi connectivity index (χ0n) is 10.5. The molecule has 0 atom stereocenters. The number of anilines is 1. The third kappa shape index (κ3) is 3.09. The highest BCUT2D eigenvalue weighted by atomic mass is 19.4. The molecule has 112 valence electrons. The van der Waals surface area contributed by atoms with Crippen LogP contribution in [-0.2, 0) is 6.18 Å². The highest BCUT2D eigenvalue weighted by Crippen LogP contribution is 2.34. The molecule has 2 rings (SSSR count). The molecule has 0 radical (unpaired) electrons. The van der Waals surface area contributed by atoms with E-state index in [4.69, 9.17) is 0 Å². The molecule has 0 aliphatic heterocycles. The predicted octanol–water partition coefficient (Wildman–Crippen LogP) is 4.23. The second-order valence-electron chi connectivity index (χ2n) is 4.12. The molecule has 21 heavy (non-hydrogen) atoms. The van der Waals surface area contributed by atoms with Gasteiger partial charge >= 0.3 is 6.18 Å². The van der Waals surface area contributed by atoms with Crippen LogP contribution >= 0.6 is 0 Å². The summed E-state index contributed by atoms with van der Waals surface area (Å²) in [6.07, 6.45) is -4.68. The van der Waals surface area contributed by atoms with E-state index in [1.807, 2.05) is 0 Å². The minimum Gasteiger partial charge on any atom is -0.373 e. The van der Waals surface area contributed by atoms with Gasteiger partial charge in [-0.3, -0.25) is 0 Å². The average Bonchev–Trinajstić information content (AvgIpc) is 2.41. The zero-order valence-corrected chi connectivity index (χ0v) is 10.5. The lowest BCUT2D eigenvalue weighted by molar-refractivity contribution is -0.137. The molecule has 1 N–H and O–H groups in total. The van der Waals surface area contributed by atoms with Crippen LogP contribution in [0.1, 0.15) is 5.56 Å². The van der Waals surface area contributed by atoms with Crippen molar-refractivity contribution in [1.29, 1.82) is 0 Å². The molecule has 0 saturated carbocycles. The fraction of sp³-hybridized carbons (Fsp3) is 0.154. The quantitative estimate of drug-likeness (QED) is 0.663. The van der Waals surface area contributed by atoms with Crippen LogP contribution in [0.3, 0.4) is 0 Å². The number of benzene rings is 1. The predicted molar refractivity (Wildman–Crippen MR) is 64.1 cm³/mol. The van der Waals surface area contributed by atoms with E-state index in [9.17, 15) is 26.3 Å². The number of nitrogens with zero attached hydrogens (tertiary/aromatic N) is 1. The summed E-state index contributed by atoms with van der Waals surface area (Å²) in [5, 5.41) is 2.39. The van der Waals surface area contributed by atoms with Crippen molar-refractivity contribution < 1.29 is 26.3 Å². The summed E-state index contributed by atoms with van der Waals surface area (Å²) in [6.45, 7) is 0.